The molecule has 2 aliphatic rings. The number of nitrogens with zero attached hydrogens (tertiary/aromatic N) is 2. The molecule has 2 amide bonds. The third-order valence-corrected chi connectivity index (χ3v) is 10.1. The Morgan fingerprint density at radius 1 is 1.14 bits per heavy atom. The van der Waals surface area contributed by atoms with Gasteiger partial charge in [-0.1, -0.05) is 19.9 Å². The Morgan fingerprint density at radius 3 is 2.49 bits per heavy atom. The third kappa shape index (κ3) is 8.65. The Bertz CT molecular complexity index is 1660. The van der Waals surface area contributed by atoms with E-state index < -0.39 is 36.1 Å². The number of thiazole rings is 1. The second-order valence-corrected chi connectivity index (χ2v) is 16.7. The van der Waals surface area contributed by atoms with E-state index in [9.17, 15) is 14.4 Å². The summed E-state index contributed by atoms with van der Waals surface area (Å²) >= 11 is 1.44. The van der Waals surface area contributed by atoms with E-state index in [0.29, 0.717) is 31.0 Å². The van der Waals surface area contributed by atoms with Crippen molar-refractivity contribution in [1.29, 1.82) is 0 Å². The van der Waals surface area contributed by atoms with Gasteiger partial charge in [-0.25, -0.2) is 15.2 Å². The number of aromatic amines is 1. The first-order valence-electron chi connectivity index (χ1n) is 16.9. The normalized spacial score (nSPS) is 18.4. The summed E-state index contributed by atoms with van der Waals surface area (Å²) in [6, 6.07) is 5.28. The van der Waals surface area contributed by atoms with E-state index in [-0.39, 0.29) is 24.3 Å². The molecule has 4 heterocycles. The molecule has 0 bridgehead atoms. The van der Waals surface area contributed by atoms with E-state index in [0.717, 1.165) is 46.2 Å². The first-order valence-corrected chi connectivity index (χ1v) is 17.8. The van der Waals surface area contributed by atoms with E-state index in [4.69, 9.17) is 23.8 Å². The van der Waals surface area contributed by atoms with Gasteiger partial charge in [0.1, 0.15) is 11.6 Å². The first kappa shape index (κ1) is 36.8. The van der Waals surface area contributed by atoms with Crippen LogP contribution in [0.1, 0.15) is 85.7 Å². The van der Waals surface area contributed by atoms with Crippen LogP contribution in [0, 0.1) is 5.41 Å². The molecule has 49 heavy (non-hydrogen) atoms. The van der Waals surface area contributed by atoms with Crippen molar-refractivity contribution in [2.75, 3.05) is 19.7 Å². The number of rotatable bonds is 11. The first-order chi connectivity index (χ1) is 22.9. The average Bonchev–Trinajstić information content (AvgIpc) is 3.68. The molecular weight excluding hydrogens is 645 g/mol. The van der Waals surface area contributed by atoms with Gasteiger partial charge in [0, 0.05) is 52.4 Å². The van der Waals surface area contributed by atoms with Crippen LogP contribution in [0.5, 0.6) is 0 Å². The molecule has 1 atom stereocenters. The number of amides is 2. The van der Waals surface area contributed by atoms with Gasteiger partial charge in [-0.05, 0) is 85.4 Å². The zero-order valence-corrected chi connectivity index (χ0v) is 31.0. The molecule has 266 valence electrons. The minimum Gasteiger partial charge on any atom is -0.467 e. The second kappa shape index (κ2) is 14.0. The van der Waals surface area contributed by atoms with Crippen molar-refractivity contribution in [2.24, 2.45) is 5.41 Å². The van der Waals surface area contributed by atoms with Crippen LogP contribution >= 0.6 is 11.3 Å². The van der Waals surface area contributed by atoms with Gasteiger partial charge in [0.2, 0.25) is 0 Å². The summed E-state index contributed by atoms with van der Waals surface area (Å²) in [6.07, 6.45) is 2.04. The number of carbonyl (C=O) groups is 3. The topological polar surface area (TPSA) is 144 Å². The Morgan fingerprint density at radius 2 is 1.86 bits per heavy atom. The maximum absolute atomic E-state index is 13.6. The van der Waals surface area contributed by atoms with Crippen LogP contribution < -0.4 is 16.3 Å². The molecule has 0 spiro atoms. The summed E-state index contributed by atoms with van der Waals surface area (Å²) in [7, 11) is -0.606. The molecule has 0 aliphatic carbocycles. The fourth-order valence-electron chi connectivity index (χ4n) is 6.00. The standard InChI is InChI=1S/C35H50BN5O7S/c1-32(2,3)46-31(44)40-26(30(43)41-15-11-10-14-37-41)17-28-38-27(19-49-28)22-12-13-25-23(16-22)24(18-33(4,5)20-45-21-42)29(39-25)36-47-34(6,7)35(8,9)48-36/h12-13,16,19,21,26,37,39H,10-11,14-15,17-18,20H2,1-9H3,(H,40,44). The second-order valence-electron chi connectivity index (χ2n) is 15.7. The van der Waals surface area contributed by atoms with Gasteiger partial charge < -0.3 is 29.1 Å². The highest BCUT2D eigenvalue weighted by Gasteiger charge is 2.53. The van der Waals surface area contributed by atoms with Gasteiger partial charge in [-0.3, -0.25) is 14.6 Å². The maximum atomic E-state index is 13.6. The molecule has 0 radical (unpaired) electrons. The number of carbonyl (C=O) groups excluding carboxylic acids is 3. The minimum absolute atomic E-state index is 0.218. The summed E-state index contributed by atoms with van der Waals surface area (Å²) in [4.78, 5) is 45.9. The van der Waals surface area contributed by atoms with Gasteiger partial charge >= 0.3 is 13.2 Å². The fourth-order valence-corrected chi connectivity index (χ4v) is 6.85. The van der Waals surface area contributed by atoms with Crippen molar-refractivity contribution in [2.45, 2.75) is 111 Å². The van der Waals surface area contributed by atoms with Gasteiger partial charge in [-0.2, -0.15) is 0 Å². The smallest absolute Gasteiger partial charge is 0.467 e. The number of hydrogen-bond donors (Lipinski definition) is 3. The molecule has 2 fully saturated rings. The molecule has 1 aromatic carbocycles. The number of hydrazine groups is 1. The van der Waals surface area contributed by atoms with E-state index in [1.54, 1.807) is 25.8 Å². The quantitative estimate of drug-likeness (QED) is 0.189. The largest absolute Gasteiger partial charge is 0.512 e. The molecule has 5 rings (SSSR count). The molecule has 12 nitrogen and oxygen atoms in total. The van der Waals surface area contributed by atoms with Crippen molar-refractivity contribution >= 4 is 53.4 Å². The van der Waals surface area contributed by atoms with Gasteiger partial charge in [-0.15, -0.1) is 11.3 Å². The van der Waals surface area contributed by atoms with Crippen LogP contribution in [0.25, 0.3) is 22.2 Å². The molecule has 3 aromatic rings. The van der Waals surface area contributed by atoms with E-state index >= 15 is 0 Å². The molecular formula is C35H50BN5O7S. The number of benzene rings is 1. The van der Waals surface area contributed by atoms with Crippen LogP contribution in [-0.4, -0.2) is 83.1 Å². The predicted octanol–water partition coefficient (Wildman–Crippen LogP) is 4.90. The number of fused-ring (bicyclic) bond motifs is 1. The summed E-state index contributed by atoms with van der Waals surface area (Å²) < 4.78 is 23.6. The highest BCUT2D eigenvalue weighted by molar-refractivity contribution is 7.10. The lowest BCUT2D eigenvalue weighted by Crippen LogP contribution is -2.56. The van der Waals surface area contributed by atoms with E-state index in [2.05, 4.69) is 35.6 Å². The maximum Gasteiger partial charge on any atom is 0.512 e. The van der Waals surface area contributed by atoms with E-state index in [1.165, 1.54) is 11.3 Å². The number of H-pyrrole nitrogens is 1. The summed E-state index contributed by atoms with van der Waals surface area (Å²) in [5.41, 5.74) is 5.47. The van der Waals surface area contributed by atoms with Crippen LogP contribution in [0.15, 0.2) is 23.6 Å². The molecule has 2 aliphatic heterocycles. The average molecular weight is 696 g/mol. The number of nitrogens with one attached hydrogen (secondary N) is 3. The van der Waals surface area contributed by atoms with Crippen LogP contribution in [0.4, 0.5) is 4.79 Å². The Kier molecular flexibility index (Phi) is 10.6. The lowest BCUT2D eigenvalue weighted by Gasteiger charge is -2.32. The molecule has 0 saturated carbocycles. The van der Waals surface area contributed by atoms with Crippen molar-refractivity contribution in [1.82, 2.24) is 25.7 Å². The lowest BCUT2D eigenvalue weighted by molar-refractivity contribution is -0.137. The zero-order valence-electron chi connectivity index (χ0n) is 30.2. The van der Waals surface area contributed by atoms with Crippen molar-refractivity contribution in [3.63, 3.8) is 0 Å². The number of ether oxygens (including phenoxy) is 2. The Balaban J connectivity index is 1.45. The number of alkyl carbamates (subject to hydrolysis) is 1. The predicted molar refractivity (Wildman–Crippen MR) is 190 cm³/mol. The molecule has 2 aromatic heterocycles. The molecule has 14 heteroatoms. The fraction of sp³-hybridized carbons (Fsp3) is 0.600. The minimum atomic E-state index is -0.850. The van der Waals surface area contributed by atoms with Crippen LogP contribution in [-0.2, 0) is 41.2 Å². The highest BCUT2D eigenvalue weighted by atomic mass is 32.1. The van der Waals surface area contributed by atoms with Crippen LogP contribution in [0.2, 0.25) is 0 Å². The van der Waals surface area contributed by atoms with E-state index in [1.807, 2.05) is 45.2 Å². The summed E-state index contributed by atoms with van der Waals surface area (Å²) in [5.74, 6) is -0.225. The SMILES string of the molecule is CC(C)(COC=O)Cc1c(B2OC(C)(C)C(C)(C)O2)[nH]c2ccc(-c3csc(CC(NC(=O)OC(C)(C)C)C(=O)N4CCCCN4)n3)cc12. The Hall–Kier alpha value is -3.46. The molecule has 3 N–H and O–H groups in total. The number of hydrogen-bond acceptors (Lipinski definition) is 10. The van der Waals surface area contributed by atoms with Crippen molar-refractivity contribution in [3.05, 3.63) is 34.2 Å². The van der Waals surface area contributed by atoms with Crippen LogP contribution in [0.3, 0.4) is 0 Å². The molecule has 1 unspecified atom stereocenters. The lowest BCUT2D eigenvalue weighted by atomic mass is 9.76. The van der Waals surface area contributed by atoms with Crippen molar-refractivity contribution < 1.29 is 33.2 Å². The summed E-state index contributed by atoms with van der Waals surface area (Å²) in [5, 5.41) is 8.04. The third-order valence-electron chi connectivity index (χ3n) is 9.22. The van der Waals surface area contributed by atoms with Gasteiger partial charge in [0.15, 0.2) is 0 Å². The monoisotopic (exact) mass is 695 g/mol. The van der Waals surface area contributed by atoms with Gasteiger partial charge in [0.05, 0.1) is 28.5 Å². The van der Waals surface area contributed by atoms with Crippen molar-refractivity contribution in [3.8, 4) is 11.3 Å². The highest BCUT2D eigenvalue weighted by Crippen LogP contribution is 2.38. The molecule has 2 saturated heterocycles. The summed E-state index contributed by atoms with van der Waals surface area (Å²) in [6.45, 7) is 19.6. The Labute approximate surface area is 293 Å². The zero-order chi connectivity index (χ0) is 35.8. The van der Waals surface area contributed by atoms with Gasteiger partial charge in [0.25, 0.3) is 12.4 Å². The number of aromatic nitrogens is 2.